The standard InChI is InChI=1S/C44H42N4/c1-30-22-23-35-39(27-30)48(40-21-13-14-25-43(35,40)3)42(2)26-24-38-34(28-42)33-19-11-12-20-37(33)47(38)41-45-36(31-15-7-5-8-16-31)29-44(4,46-41)32-17-9-6-10-18-32/h5-21,23-27,30,40H,22,28-29H2,1-4H3. The molecule has 0 amide bonds. The first kappa shape index (κ1) is 29.2. The lowest BCUT2D eigenvalue weighted by molar-refractivity contribution is 0.153. The summed E-state index contributed by atoms with van der Waals surface area (Å²) in [5.41, 5.74) is 9.29. The Morgan fingerprint density at radius 3 is 2.38 bits per heavy atom. The first-order valence-electron chi connectivity index (χ1n) is 17.5. The Labute approximate surface area is 283 Å². The Morgan fingerprint density at radius 2 is 1.56 bits per heavy atom. The van der Waals surface area contributed by atoms with E-state index in [1.54, 1.807) is 0 Å². The van der Waals surface area contributed by atoms with E-state index in [0.717, 1.165) is 42.0 Å². The van der Waals surface area contributed by atoms with E-state index in [9.17, 15) is 0 Å². The molecule has 4 heteroatoms. The Balaban J connectivity index is 1.21. The van der Waals surface area contributed by atoms with Crippen molar-refractivity contribution in [3.63, 3.8) is 0 Å². The van der Waals surface area contributed by atoms with E-state index in [-0.39, 0.29) is 17.0 Å². The minimum absolute atomic E-state index is 0.0346. The lowest BCUT2D eigenvalue weighted by Crippen LogP contribution is -2.51. The van der Waals surface area contributed by atoms with Crippen LogP contribution in [0, 0.1) is 11.3 Å². The molecule has 4 nitrogen and oxygen atoms in total. The summed E-state index contributed by atoms with van der Waals surface area (Å²) in [7, 11) is 0. The number of para-hydroxylation sites is 1. The maximum Gasteiger partial charge on any atom is 0.231 e. The normalized spacial score (nSPS) is 30.3. The topological polar surface area (TPSA) is 32.9 Å². The number of nitrogens with zero attached hydrogens (tertiary/aromatic N) is 4. The average Bonchev–Trinajstić information content (AvgIpc) is 3.57. The quantitative estimate of drug-likeness (QED) is 0.223. The van der Waals surface area contributed by atoms with Crippen LogP contribution in [0.3, 0.4) is 0 Å². The molecule has 1 fully saturated rings. The number of rotatable bonds is 3. The molecule has 0 N–H and O–H groups in total. The molecule has 0 radical (unpaired) electrons. The maximum absolute atomic E-state index is 5.51. The molecular formula is C44H42N4. The molecule has 9 rings (SSSR count). The molecule has 4 aromatic rings. The summed E-state index contributed by atoms with van der Waals surface area (Å²) in [5, 5.41) is 1.28. The molecule has 1 saturated heterocycles. The number of likely N-dealkylation sites (tertiary alicyclic amines) is 1. The van der Waals surface area contributed by atoms with Crippen LogP contribution in [0.5, 0.6) is 0 Å². The van der Waals surface area contributed by atoms with Crippen LogP contribution in [0.15, 0.2) is 149 Å². The largest absolute Gasteiger partial charge is 0.355 e. The van der Waals surface area contributed by atoms with Gasteiger partial charge in [0.25, 0.3) is 0 Å². The molecule has 5 aliphatic rings. The SMILES string of the molecule is CC1C=C2C(=CC1)C1(C)C=CC=CC1N2C1(C)C=Cc2c(c3ccccc3n2C2=NC(C)(c3ccccc3)CC(c3ccccc3)=N2)C1. The van der Waals surface area contributed by atoms with Gasteiger partial charge in [0.2, 0.25) is 5.96 Å². The molecule has 3 aromatic carbocycles. The van der Waals surface area contributed by atoms with Crippen molar-refractivity contribution in [2.24, 2.45) is 21.3 Å². The van der Waals surface area contributed by atoms with Crippen molar-refractivity contribution < 1.29 is 0 Å². The lowest BCUT2D eigenvalue weighted by Gasteiger charge is -2.46. The van der Waals surface area contributed by atoms with E-state index in [1.165, 1.54) is 33.5 Å². The molecule has 5 unspecified atom stereocenters. The zero-order chi connectivity index (χ0) is 32.7. The molecule has 1 aromatic heterocycles. The highest BCUT2D eigenvalue weighted by molar-refractivity contribution is 6.12. The van der Waals surface area contributed by atoms with Gasteiger partial charge in [0, 0.05) is 29.3 Å². The van der Waals surface area contributed by atoms with Gasteiger partial charge >= 0.3 is 0 Å². The second-order valence-electron chi connectivity index (χ2n) is 15.0. The van der Waals surface area contributed by atoms with Crippen molar-refractivity contribution in [2.75, 3.05) is 0 Å². The average molecular weight is 627 g/mol. The highest BCUT2D eigenvalue weighted by Gasteiger charge is 2.54. The fourth-order valence-electron chi connectivity index (χ4n) is 8.99. The number of benzene rings is 3. The molecular weight excluding hydrogens is 585 g/mol. The fraction of sp³-hybridized carbons (Fsp3) is 0.273. The second-order valence-corrected chi connectivity index (χ2v) is 15.0. The summed E-state index contributed by atoms with van der Waals surface area (Å²) in [6, 6.07) is 30.4. The Morgan fingerprint density at radius 1 is 0.812 bits per heavy atom. The van der Waals surface area contributed by atoms with Crippen LogP contribution >= 0.6 is 0 Å². The van der Waals surface area contributed by atoms with E-state index in [4.69, 9.17) is 9.98 Å². The number of hydrogen-bond acceptors (Lipinski definition) is 3. The summed E-state index contributed by atoms with van der Waals surface area (Å²) in [5.74, 6) is 1.27. The van der Waals surface area contributed by atoms with Crippen LogP contribution in [0.25, 0.3) is 17.0 Å². The van der Waals surface area contributed by atoms with Gasteiger partial charge in [0.05, 0.1) is 34.0 Å². The van der Waals surface area contributed by atoms with Gasteiger partial charge in [-0.15, -0.1) is 0 Å². The lowest BCUT2D eigenvalue weighted by atomic mass is 9.73. The Hall–Kier alpha value is -4.96. The Kier molecular flexibility index (Phi) is 6.40. The van der Waals surface area contributed by atoms with Gasteiger partial charge in [0.1, 0.15) is 0 Å². The van der Waals surface area contributed by atoms with Gasteiger partial charge in [0.15, 0.2) is 0 Å². The number of allylic oxidation sites excluding steroid dienone is 5. The molecule has 238 valence electrons. The van der Waals surface area contributed by atoms with Gasteiger partial charge in [-0.3, -0.25) is 4.57 Å². The molecule has 5 atom stereocenters. The van der Waals surface area contributed by atoms with Crippen LogP contribution in [0.1, 0.15) is 62.9 Å². The summed E-state index contributed by atoms with van der Waals surface area (Å²) < 4.78 is 2.33. The smallest absolute Gasteiger partial charge is 0.231 e. The third-order valence-electron chi connectivity index (χ3n) is 11.5. The maximum atomic E-state index is 5.51. The van der Waals surface area contributed by atoms with Gasteiger partial charge in [-0.2, -0.15) is 0 Å². The van der Waals surface area contributed by atoms with Crippen molar-refractivity contribution in [1.82, 2.24) is 9.47 Å². The molecule has 0 bridgehead atoms. The van der Waals surface area contributed by atoms with E-state index in [0.29, 0.717) is 5.92 Å². The van der Waals surface area contributed by atoms with Crippen molar-refractivity contribution >= 4 is 28.7 Å². The van der Waals surface area contributed by atoms with E-state index in [2.05, 4.69) is 171 Å². The molecule has 0 spiro atoms. The number of aliphatic imine (C=N–C) groups is 2. The third kappa shape index (κ3) is 4.28. The van der Waals surface area contributed by atoms with Gasteiger partial charge < -0.3 is 4.90 Å². The molecule has 48 heavy (non-hydrogen) atoms. The van der Waals surface area contributed by atoms with Crippen molar-refractivity contribution in [1.29, 1.82) is 0 Å². The second kappa shape index (κ2) is 10.5. The number of aromatic nitrogens is 1. The van der Waals surface area contributed by atoms with Crippen LogP contribution in [-0.2, 0) is 12.0 Å². The summed E-state index contributed by atoms with van der Waals surface area (Å²) in [6.07, 6.45) is 21.9. The van der Waals surface area contributed by atoms with Crippen molar-refractivity contribution in [3.05, 3.63) is 161 Å². The van der Waals surface area contributed by atoms with Crippen molar-refractivity contribution in [2.45, 2.75) is 64.1 Å². The van der Waals surface area contributed by atoms with E-state index >= 15 is 0 Å². The van der Waals surface area contributed by atoms with Crippen molar-refractivity contribution in [3.8, 4) is 0 Å². The highest BCUT2D eigenvalue weighted by atomic mass is 15.3. The van der Waals surface area contributed by atoms with E-state index in [1.807, 2.05) is 0 Å². The van der Waals surface area contributed by atoms with Crippen LogP contribution in [0.2, 0.25) is 0 Å². The molecule has 0 saturated carbocycles. The number of hydrogen-bond donors (Lipinski definition) is 0. The van der Waals surface area contributed by atoms with Gasteiger partial charge in [-0.1, -0.05) is 128 Å². The zero-order valence-electron chi connectivity index (χ0n) is 28.3. The minimum atomic E-state index is -0.456. The first-order valence-corrected chi connectivity index (χ1v) is 17.5. The van der Waals surface area contributed by atoms with Crippen LogP contribution in [-0.4, -0.2) is 32.7 Å². The Bertz CT molecular complexity index is 2170. The first-order chi connectivity index (χ1) is 23.3. The zero-order valence-corrected chi connectivity index (χ0v) is 28.3. The number of fused-ring (bicyclic) bond motifs is 6. The van der Waals surface area contributed by atoms with Gasteiger partial charge in [-0.05, 0) is 67.5 Å². The predicted octanol–water partition coefficient (Wildman–Crippen LogP) is 9.65. The predicted molar refractivity (Wildman–Crippen MR) is 199 cm³/mol. The van der Waals surface area contributed by atoms with Gasteiger partial charge in [-0.25, -0.2) is 9.98 Å². The third-order valence-corrected chi connectivity index (χ3v) is 11.5. The monoisotopic (exact) mass is 626 g/mol. The molecule has 2 aliphatic heterocycles. The minimum Gasteiger partial charge on any atom is -0.355 e. The fourth-order valence-corrected chi connectivity index (χ4v) is 8.99. The molecule has 3 heterocycles. The summed E-state index contributed by atoms with van der Waals surface area (Å²) in [4.78, 5) is 13.6. The summed E-state index contributed by atoms with van der Waals surface area (Å²) >= 11 is 0. The van der Waals surface area contributed by atoms with Crippen LogP contribution in [0.4, 0.5) is 0 Å². The summed E-state index contributed by atoms with van der Waals surface area (Å²) in [6.45, 7) is 9.46. The molecule has 3 aliphatic carbocycles. The van der Waals surface area contributed by atoms with E-state index < -0.39 is 5.54 Å². The highest BCUT2D eigenvalue weighted by Crippen LogP contribution is 2.56. The van der Waals surface area contributed by atoms with Crippen LogP contribution < -0.4 is 0 Å².